The number of likely N-dealkylation sites (N-methyl/N-ethyl adjacent to an activating group) is 1. The molecule has 0 bridgehead atoms. The Kier molecular flexibility index (Phi) is 2.52. The van der Waals surface area contributed by atoms with E-state index in [2.05, 4.69) is 36.0 Å². The van der Waals surface area contributed by atoms with Crippen LogP contribution in [-0.4, -0.2) is 45.6 Å². The van der Waals surface area contributed by atoms with Crippen molar-refractivity contribution in [2.45, 2.75) is 25.6 Å². The summed E-state index contributed by atoms with van der Waals surface area (Å²) >= 11 is 0. The minimum Gasteiger partial charge on any atom is -0.363 e. The van der Waals surface area contributed by atoms with Crippen molar-refractivity contribution in [3.8, 4) is 0 Å². The molecule has 1 fully saturated rings. The van der Waals surface area contributed by atoms with Gasteiger partial charge >= 0.3 is 0 Å². The molecule has 1 aromatic rings. The Morgan fingerprint density at radius 1 is 1.47 bits per heavy atom. The van der Waals surface area contributed by atoms with Crippen LogP contribution in [0.4, 0.5) is 0 Å². The molecule has 1 aliphatic heterocycles. The summed E-state index contributed by atoms with van der Waals surface area (Å²) in [6, 6.07) is 0. The highest BCUT2D eigenvalue weighted by atomic mass is 16.5. The maximum absolute atomic E-state index is 5.99. The number of aromatic nitrogens is 3. The lowest BCUT2D eigenvalue weighted by atomic mass is 10.0. The summed E-state index contributed by atoms with van der Waals surface area (Å²) in [6.07, 6.45) is 1.81. The van der Waals surface area contributed by atoms with Gasteiger partial charge in [0.05, 0.1) is 11.8 Å². The molecule has 1 atom stereocenters. The zero-order chi connectivity index (χ0) is 11.1. The van der Waals surface area contributed by atoms with E-state index in [1.807, 2.05) is 7.05 Å². The van der Waals surface area contributed by atoms with Crippen molar-refractivity contribution in [3.05, 3.63) is 11.9 Å². The van der Waals surface area contributed by atoms with Gasteiger partial charge in [0.1, 0.15) is 11.8 Å². The molecule has 2 rings (SSSR count). The van der Waals surface area contributed by atoms with Crippen LogP contribution in [0.3, 0.4) is 0 Å². The monoisotopic (exact) mass is 210 g/mol. The van der Waals surface area contributed by atoms with Crippen LogP contribution in [0.1, 0.15) is 25.6 Å². The van der Waals surface area contributed by atoms with Gasteiger partial charge < -0.3 is 9.64 Å². The summed E-state index contributed by atoms with van der Waals surface area (Å²) < 4.78 is 5.99. The Bertz CT molecular complexity index is 347. The summed E-state index contributed by atoms with van der Waals surface area (Å²) in [5, 5.41) is 8.36. The van der Waals surface area contributed by atoms with Crippen LogP contribution in [-0.2, 0) is 11.8 Å². The van der Waals surface area contributed by atoms with Crippen molar-refractivity contribution in [1.82, 2.24) is 19.9 Å². The predicted molar refractivity (Wildman–Crippen MR) is 56.4 cm³/mol. The van der Waals surface area contributed by atoms with Gasteiger partial charge in [0.2, 0.25) is 0 Å². The van der Waals surface area contributed by atoms with E-state index in [4.69, 9.17) is 4.74 Å². The van der Waals surface area contributed by atoms with E-state index in [1.54, 1.807) is 11.0 Å². The van der Waals surface area contributed by atoms with E-state index in [9.17, 15) is 0 Å². The lowest BCUT2D eigenvalue weighted by molar-refractivity contribution is -0.134. The van der Waals surface area contributed by atoms with Crippen molar-refractivity contribution in [1.29, 1.82) is 0 Å². The molecule has 0 aliphatic carbocycles. The highest BCUT2D eigenvalue weighted by molar-refractivity contribution is 5.01. The molecule has 2 heterocycles. The SMILES string of the molecule is CN1C[C@@H](c2cnn(C)n2)OC(C)(C)C1. The molecule has 15 heavy (non-hydrogen) atoms. The van der Waals surface area contributed by atoms with Gasteiger partial charge in [0.25, 0.3) is 0 Å². The summed E-state index contributed by atoms with van der Waals surface area (Å²) in [7, 11) is 3.93. The quantitative estimate of drug-likeness (QED) is 0.680. The van der Waals surface area contributed by atoms with Crippen molar-refractivity contribution in [3.63, 3.8) is 0 Å². The molecule has 0 radical (unpaired) electrons. The van der Waals surface area contributed by atoms with Crippen LogP contribution in [0.5, 0.6) is 0 Å². The van der Waals surface area contributed by atoms with Gasteiger partial charge in [0, 0.05) is 20.1 Å². The lowest BCUT2D eigenvalue weighted by Crippen LogP contribution is -2.47. The summed E-state index contributed by atoms with van der Waals surface area (Å²) in [6.45, 7) is 6.03. The number of nitrogens with zero attached hydrogens (tertiary/aromatic N) is 4. The van der Waals surface area contributed by atoms with Crippen LogP contribution in [0.15, 0.2) is 6.20 Å². The van der Waals surface area contributed by atoms with E-state index >= 15 is 0 Å². The molecule has 0 saturated carbocycles. The molecule has 0 unspecified atom stereocenters. The number of aryl methyl sites for hydroxylation is 1. The molecule has 0 aromatic carbocycles. The Morgan fingerprint density at radius 3 is 2.73 bits per heavy atom. The predicted octanol–water partition coefficient (Wildman–Crippen LogP) is 0.597. The van der Waals surface area contributed by atoms with Crippen LogP contribution in [0.2, 0.25) is 0 Å². The van der Waals surface area contributed by atoms with Crippen molar-refractivity contribution >= 4 is 0 Å². The zero-order valence-corrected chi connectivity index (χ0v) is 9.77. The number of hydrogen-bond acceptors (Lipinski definition) is 4. The average Bonchev–Trinajstić information content (AvgIpc) is 2.48. The van der Waals surface area contributed by atoms with E-state index in [-0.39, 0.29) is 11.7 Å². The molecule has 1 aromatic heterocycles. The largest absolute Gasteiger partial charge is 0.363 e. The minimum absolute atomic E-state index is 0.0347. The summed E-state index contributed by atoms with van der Waals surface area (Å²) in [4.78, 5) is 3.84. The Labute approximate surface area is 90.0 Å². The average molecular weight is 210 g/mol. The standard InChI is InChI=1S/C10H18N4O/c1-10(2)7-13(3)6-9(15-10)8-5-11-14(4)12-8/h5,9H,6-7H2,1-4H3/t9-/m0/s1. The van der Waals surface area contributed by atoms with Gasteiger partial charge in [0.15, 0.2) is 0 Å². The van der Waals surface area contributed by atoms with E-state index in [0.717, 1.165) is 18.8 Å². The first-order chi connectivity index (χ1) is 6.96. The van der Waals surface area contributed by atoms with Gasteiger partial charge in [-0.05, 0) is 20.9 Å². The fourth-order valence-corrected chi connectivity index (χ4v) is 2.12. The minimum atomic E-state index is -0.116. The normalized spacial score (nSPS) is 26.8. The molecule has 1 aliphatic rings. The van der Waals surface area contributed by atoms with Crippen molar-refractivity contribution < 1.29 is 4.74 Å². The van der Waals surface area contributed by atoms with Gasteiger partial charge in [-0.25, -0.2) is 0 Å². The first-order valence-corrected chi connectivity index (χ1v) is 5.19. The molecule has 5 nitrogen and oxygen atoms in total. The van der Waals surface area contributed by atoms with E-state index in [1.165, 1.54) is 0 Å². The van der Waals surface area contributed by atoms with Gasteiger partial charge in [-0.15, -0.1) is 0 Å². The highest BCUT2D eigenvalue weighted by Gasteiger charge is 2.33. The zero-order valence-electron chi connectivity index (χ0n) is 9.77. The molecule has 0 amide bonds. The molecule has 84 valence electrons. The first-order valence-electron chi connectivity index (χ1n) is 5.19. The molecule has 0 spiro atoms. The lowest BCUT2D eigenvalue weighted by Gasteiger charge is -2.40. The van der Waals surface area contributed by atoms with Crippen LogP contribution in [0.25, 0.3) is 0 Å². The fraction of sp³-hybridized carbons (Fsp3) is 0.800. The first kappa shape index (κ1) is 10.6. The second-order valence-corrected chi connectivity index (χ2v) is 4.82. The number of ether oxygens (including phenoxy) is 1. The Morgan fingerprint density at radius 2 is 2.20 bits per heavy atom. The molecule has 0 N–H and O–H groups in total. The van der Waals surface area contributed by atoms with Crippen molar-refractivity contribution in [2.24, 2.45) is 7.05 Å². The molecular formula is C10H18N4O. The smallest absolute Gasteiger partial charge is 0.116 e. The molecule has 5 heteroatoms. The Balaban J connectivity index is 2.16. The van der Waals surface area contributed by atoms with E-state index in [0.29, 0.717) is 0 Å². The third-order valence-corrected chi connectivity index (χ3v) is 2.54. The number of morpholine rings is 1. The molecule has 1 saturated heterocycles. The van der Waals surface area contributed by atoms with Gasteiger partial charge in [-0.1, -0.05) is 0 Å². The maximum atomic E-state index is 5.99. The maximum Gasteiger partial charge on any atom is 0.116 e. The third kappa shape index (κ3) is 2.35. The van der Waals surface area contributed by atoms with Gasteiger partial charge in [-0.2, -0.15) is 15.0 Å². The second-order valence-electron chi connectivity index (χ2n) is 4.82. The third-order valence-electron chi connectivity index (χ3n) is 2.54. The number of hydrogen-bond donors (Lipinski definition) is 0. The second kappa shape index (κ2) is 3.57. The topological polar surface area (TPSA) is 43.2 Å². The summed E-state index contributed by atoms with van der Waals surface area (Å²) in [5.74, 6) is 0. The van der Waals surface area contributed by atoms with Crippen LogP contribution >= 0.6 is 0 Å². The van der Waals surface area contributed by atoms with Crippen molar-refractivity contribution in [2.75, 3.05) is 20.1 Å². The summed E-state index contributed by atoms with van der Waals surface area (Å²) in [5.41, 5.74) is 0.798. The van der Waals surface area contributed by atoms with Crippen LogP contribution < -0.4 is 0 Å². The molecular weight excluding hydrogens is 192 g/mol. The van der Waals surface area contributed by atoms with Crippen LogP contribution in [0, 0.1) is 0 Å². The van der Waals surface area contributed by atoms with Gasteiger partial charge in [-0.3, -0.25) is 0 Å². The highest BCUT2D eigenvalue weighted by Crippen LogP contribution is 2.28. The Hall–Kier alpha value is -0.940. The number of rotatable bonds is 1. The van der Waals surface area contributed by atoms with E-state index < -0.39 is 0 Å². The fourth-order valence-electron chi connectivity index (χ4n) is 2.12.